The van der Waals surface area contributed by atoms with Crippen molar-refractivity contribution in [3.05, 3.63) is 106 Å². The van der Waals surface area contributed by atoms with Crippen molar-refractivity contribution in [1.29, 1.82) is 0 Å². The third-order valence-corrected chi connectivity index (χ3v) is 4.68. The summed E-state index contributed by atoms with van der Waals surface area (Å²) < 4.78 is 0. The molecule has 0 saturated heterocycles. The van der Waals surface area contributed by atoms with E-state index in [2.05, 4.69) is 5.10 Å². The maximum atomic E-state index is 13.1. The van der Waals surface area contributed by atoms with Gasteiger partial charge in [0.1, 0.15) is 5.71 Å². The molecule has 1 aliphatic heterocycles. The highest BCUT2D eigenvalue weighted by Gasteiger charge is 2.31. The minimum Gasteiger partial charge on any atom is -0.267 e. The van der Waals surface area contributed by atoms with E-state index >= 15 is 0 Å². The van der Waals surface area contributed by atoms with E-state index in [0.717, 1.165) is 11.1 Å². The third-order valence-electron chi connectivity index (χ3n) is 4.18. The lowest BCUT2D eigenvalue weighted by atomic mass is 10.0. The Morgan fingerprint density at radius 1 is 0.778 bits per heavy atom. The van der Waals surface area contributed by atoms with E-state index in [4.69, 9.17) is 23.2 Å². The van der Waals surface area contributed by atoms with Crippen molar-refractivity contribution >= 4 is 46.6 Å². The number of benzene rings is 3. The van der Waals surface area contributed by atoms with E-state index in [0.29, 0.717) is 27.0 Å². The van der Waals surface area contributed by atoms with Gasteiger partial charge in [0.25, 0.3) is 5.91 Å². The van der Waals surface area contributed by atoms with Crippen LogP contribution in [0.15, 0.2) is 89.5 Å². The van der Waals surface area contributed by atoms with Crippen molar-refractivity contribution in [1.82, 2.24) is 0 Å². The molecule has 0 saturated carbocycles. The summed E-state index contributed by atoms with van der Waals surface area (Å²) in [7, 11) is 0. The molecule has 3 nitrogen and oxygen atoms in total. The van der Waals surface area contributed by atoms with E-state index in [1.807, 2.05) is 48.5 Å². The largest absolute Gasteiger partial charge is 0.281 e. The van der Waals surface area contributed by atoms with Crippen molar-refractivity contribution in [3.8, 4) is 0 Å². The van der Waals surface area contributed by atoms with Crippen molar-refractivity contribution in [3.63, 3.8) is 0 Å². The van der Waals surface area contributed by atoms with Crippen LogP contribution in [0.4, 0.5) is 5.69 Å². The molecule has 5 heteroatoms. The van der Waals surface area contributed by atoms with Crippen LogP contribution >= 0.6 is 23.2 Å². The normalized spacial score (nSPS) is 15.3. The molecule has 1 heterocycles. The van der Waals surface area contributed by atoms with Gasteiger partial charge in [0.05, 0.1) is 11.3 Å². The summed E-state index contributed by atoms with van der Waals surface area (Å²) >= 11 is 11.9. The van der Waals surface area contributed by atoms with Gasteiger partial charge in [-0.2, -0.15) is 10.1 Å². The lowest BCUT2D eigenvalue weighted by Gasteiger charge is -2.11. The predicted octanol–water partition coefficient (Wildman–Crippen LogP) is 5.83. The van der Waals surface area contributed by atoms with Gasteiger partial charge in [-0.15, -0.1) is 0 Å². The monoisotopic (exact) mass is 392 g/mol. The van der Waals surface area contributed by atoms with Crippen LogP contribution in [0.2, 0.25) is 10.0 Å². The second-order valence-electron chi connectivity index (χ2n) is 6.02. The molecular weight excluding hydrogens is 379 g/mol. The summed E-state index contributed by atoms with van der Waals surface area (Å²) in [5.74, 6) is -0.189. The van der Waals surface area contributed by atoms with Crippen molar-refractivity contribution < 1.29 is 4.79 Å². The average molecular weight is 393 g/mol. The molecule has 4 rings (SSSR count). The first-order valence-electron chi connectivity index (χ1n) is 8.33. The van der Waals surface area contributed by atoms with E-state index in [9.17, 15) is 4.79 Å². The molecule has 27 heavy (non-hydrogen) atoms. The summed E-state index contributed by atoms with van der Waals surface area (Å²) in [6.45, 7) is 0. The SMILES string of the molecule is O=C1/C(=C\c2ccc(Cl)cc2)C(c2ccccc2)=NN1c1ccc(Cl)cc1. The van der Waals surface area contributed by atoms with E-state index in [1.165, 1.54) is 5.01 Å². The van der Waals surface area contributed by atoms with Gasteiger partial charge in [0, 0.05) is 15.6 Å². The molecule has 0 unspecified atom stereocenters. The van der Waals surface area contributed by atoms with Gasteiger partial charge < -0.3 is 0 Å². The van der Waals surface area contributed by atoms with Crippen LogP contribution in [0, 0.1) is 0 Å². The minimum absolute atomic E-state index is 0.189. The Hall–Kier alpha value is -2.88. The summed E-state index contributed by atoms with van der Waals surface area (Å²) in [5.41, 5.74) is 3.58. The van der Waals surface area contributed by atoms with Gasteiger partial charge in [0.2, 0.25) is 0 Å². The molecule has 0 spiro atoms. The van der Waals surface area contributed by atoms with Crippen molar-refractivity contribution in [2.75, 3.05) is 5.01 Å². The average Bonchev–Trinajstić information content (AvgIpc) is 3.01. The molecule has 1 amide bonds. The minimum atomic E-state index is -0.189. The van der Waals surface area contributed by atoms with E-state index < -0.39 is 0 Å². The number of hydrogen-bond acceptors (Lipinski definition) is 2. The Morgan fingerprint density at radius 3 is 2.00 bits per heavy atom. The van der Waals surface area contributed by atoms with Gasteiger partial charge in [-0.3, -0.25) is 4.79 Å². The van der Waals surface area contributed by atoms with Crippen LogP contribution in [-0.2, 0) is 4.79 Å². The fourth-order valence-corrected chi connectivity index (χ4v) is 3.09. The Labute approximate surface area is 167 Å². The van der Waals surface area contributed by atoms with Crippen molar-refractivity contribution in [2.24, 2.45) is 5.10 Å². The zero-order valence-corrected chi connectivity index (χ0v) is 15.7. The number of nitrogens with zero attached hydrogens (tertiary/aromatic N) is 2. The second-order valence-corrected chi connectivity index (χ2v) is 6.89. The first-order valence-corrected chi connectivity index (χ1v) is 9.09. The number of anilines is 1. The topological polar surface area (TPSA) is 32.7 Å². The van der Waals surface area contributed by atoms with Gasteiger partial charge in [-0.25, -0.2) is 0 Å². The molecule has 0 atom stereocenters. The Bertz CT molecular complexity index is 1040. The Morgan fingerprint density at radius 2 is 1.37 bits per heavy atom. The lowest BCUT2D eigenvalue weighted by Crippen LogP contribution is -2.21. The maximum Gasteiger partial charge on any atom is 0.281 e. The standard InChI is InChI=1S/C22H14Cl2N2O/c23-17-8-6-15(7-9-17)14-20-21(16-4-2-1-3-5-16)25-26(22(20)27)19-12-10-18(24)11-13-19/h1-14H/b20-14-. The highest BCUT2D eigenvalue weighted by molar-refractivity contribution is 6.37. The zero-order chi connectivity index (χ0) is 18.8. The molecule has 0 fully saturated rings. The molecule has 3 aromatic carbocycles. The van der Waals surface area contributed by atoms with Gasteiger partial charge >= 0.3 is 0 Å². The second kappa shape index (κ2) is 7.39. The van der Waals surface area contributed by atoms with E-state index in [-0.39, 0.29) is 5.91 Å². The molecule has 3 aromatic rings. The van der Waals surface area contributed by atoms with Crippen LogP contribution in [0.1, 0.15) is 11.1 Å². The summed E-state index contributed by atoms with van der Waals surface area (Å²) in [4.78, 5) is 13.1. The fourth-order valence-electron chi connectivity index (χ4n) is 2.84. The molecule has 0 bridgehead atoms. The first kappa shape index (κ1) is 17.5. The quantitative estimate of drug-likeness (QED) is 0.516. The number of carbonyl (C=O) groups excluding carboxylic acids is 1. The number of halogens is 2. The molecule has 1 aliphatic rings. The zero-order valence-electron chi connectivity index (χ0n) is 14.1. The summed E-state index contributed by atoms with van der Waals surface area (Å²) in [6.07, 6.45) is 1.83. The molecule has 0 aliphatic carbocycles. The third kappa shape index (κ3) is 3.65. The number of hydrazone groups is 1. The van der Waals surface area contributed by atoms with Crippen LogP contribution in [0.3, 0.4) is 0 Å². The highest BCUT2D eigenvalue weighted by atomic mass is 35.5. The number of carbonyl (C=O) groups is 1. The van der Waals surface area contributed by atoms with E-state index in [1.54, 1.807) is 36.4 Å². The Kier molecular flexibility index (Phi) is 4.80. The first-order chi connectivity index (χ1) is 13.1. The van der Waals surface area contributed by atoms with Crippen LogP contribution in [-0.4, -0.2) is 11.6 Å². The summed E-state index contributed by atoms with van der Waals surface area (Å²) in [6, 6.07) is 24.0. The van der Waals surface area contributed by atoms with Gasteiger partial charge in [-0.05, 0) is 48.0 Å². The van der Waals surface area contributed by atoms with Crippen LogP contribution in [0.25, 0.3) is 6.08 Å². The molecule has 0 aromatic heterocycles. The maximum absolute atomic E-state index is 13.1. The predicted molar refractivity (Wildman–Crippen MR) is 111 cm³/mol. The lowest BCUT2D eigenvalue weighted by molar-refractivity contribution is -0.114. The molecule has 0 radical (unpaired) electrons. The smallest absolute Gasteiger partial charge is 0.267 e. The highest BCUT2D eigenvalue weighted by Crippen LogP contribution is 2.28. The van der Waals surface area contributed by atoms with Gasteiger partial charge in [-0.1, -0.05) is 65.7 Å². The number of amides is 1. The number of rotatable bonds is 3. The molecular formula is C22H14Cl2N2O. The molecule has 0 N–H and O–H groups in total. The fraction of sp³-hybridized carbons (Fsp3) is 0. The Balaban J connectivity index is 1.81. The van der Waals surface area contributed by atoms with Crippen LogP contribution < -0.4 is 5.01 Å². The van der Waals surface area contributed by atoms with Crippen molar-refractivity contribution in [2.45, 2.75) is 0 Å². The van der Waals surface area contributed by atoms with Gasteiger partial charge in [0.15, 0.2) is 0 Å². The van der Waals surface area contributed by atoms with Crippen LogP contribution in [0.5, 0.6) is 0 Å². The number of hydrogen-bond donors (Lipinski definition) is 0. The summed E-state index contributed by atoms with van der Waals surface area (Å²) in [5, 5.41) is 7.25. The molecule has 132 valence electrons.